The first-order valence-corrected chi connectivity index (χ1v) is 12.9. The fourth-order valence-electron chi connectivity index (χ4n) is 6.42. The van der Waals surface area contributed by atoms with Crippen molar-refractivity contribution in [1.29, 1.82) is 0 Å². The maximum absolute atomic E-state index is 13.7. The molecule has 1 N–H and O–H groups in total. The number of benzene rings is 2. The summed E-state index contributed by atoms with van der Waals surface area (Å²) in [4.78, 5) is 42.4. The first kappa shape index (κ1) is 22.1. The fourth-order valence-corrected chi connectivity index (χ4v) is 7.04. The molecule has 7 atom stereocenters. The largest absolute Gasteiger partial charge is 0.324 e. The van der Waals surface area contributed by atoms with E-state index in [0.29, 0.717) is 22.5 Å². The predicted octanol–water partition coefficient (Wildman–Crippen LogP) is 5.01. The molecule has 0 unspecified atom stereocenters. The first-order chi connectivity index (χ1) is 16.3. The van der Waals surface area contributed by atoms with Gasteiger partial charge < -0.3 is 5.32 Å². The molecule has 7 rings (SSSR count). The standard InChI is InChI=1S/C27H24BrClN2O3/c1-13-9-19(28)20(29)12-21(13)30-25(32)22(10-14-5-3-2-4-6-14)31-26(33)23-15-7-8-16(18-11-17(15)18)24(23)27(31)34/h2-9,12,15-18,22-24H,10-11H2,1H3,(H,30,32)/t15-,16-,17-,18-,22-,23-,24+/m1/s1. The summed E-state index contributed by atoms with van der Waals surface area (Å²) in [7, 11) is 0. The van der Waals surface area contributed by atoms with Gasteiger partial charge in [0.2, 0.25) is 17.7 Å². The van der Waals surface area contributed by atoms with Gasteiger partial charge in [-0.2, -0.15) is 0 Å². The van der Waals surface area contributed by atoms with Crippen LogP contribution in [0.4, 0.5) is 5.69 Å². The lowest BCUT2D eigenvalue weighted by Crippen LogP contribution is -2.49. The number of rotatable bonds is 5. The Kier molecular flexibility index (Phi) is 5.23. The van der Waals surface area contributed by atoms with Gasteiger partial charge in [-0.25, -0.2) is 0 Å². The van der Waals surface area contributed by atoms with Gasteiger partial charge in [0.1, 0.15) is 6.04 Å². The molecule has 1 saturated heterocycles. The SMILES string of the molecule is Cc1cc(Br)c(Cl)cc1NC(=O)[C@@H](Cc1ccccc1)N1C(=O)[C@@H]2[C@@H]3C=C[C@H]([C@H]4C[C@H]34)[C@@H]2C1=O. The van der Waals surface area contributed by atoms with Crippen molar-refractivity contribution in [3.05, 3.63) is 75.2 Å². The van der Waals surface area contributed by atoms with Crippen LogP contribution in [0, 0.1) is 42.4 Å². The molecule has 2 saturated carbocycles. The van der Waals surface area contributed by atoms with Crippen LogP contribution in [0.25, 0.3) is 0 Å². The molecule has 3 fully saturated rings. The van der Waals surface area contributed by atoms with Gasteiger partial charge in [0.05, 0.1) is 16.9 Å². The summed E-state index contributed by atoms with van der Waals surface area (Å²) >= 11 is 9.67. The minimum Gasteiger partial charge on any atom is -0.324 e. The number of likely N-dealkylation sites (tertiary alicyclic amines) is 1. The first-order valence-electron chi connectivity index (χ1n) is 11.7. The second-order valence-electron chi connectivity index (χ2n) is 9.98. The maximum Gasteiger partial charge on any atom is 0.248 e. The van der Waals surface area contributed by atoms with Gasteiger partial charge in [-0.05, 0) is 76.2 Å². The van der Waals surface area contributed by atoms with Gasteiger partial charge in [-0.15, -0.1) is 0 Å². The quantitative estimate of drug-likeness (QED) is 0.429. The Morgan fingerprint density at radius 1 is 1.09 bits per heavy atom. The number of carbonyl (C=O) groups is 3. The molecule has 1 heterocycles. The molecule has 1 aliphatic heterocycles. The highest BCUT2D eigenvalue weighted by molar-refractivity contribution is 9.10. The van der Waals surface area contributed by atoms with E-state index >= 15 is 0 Å². The van der Waals surface area contributed by atoms with E-state index in [1.807, 2.05) is 43.3 Å². The minimum absolute atomic E-state index is 0.120. The Morgan fingerprint density at radius 3 is 2.32 bits per heavy atom. The molecule has 2 aromatic rings. The molecule has 2 aromatic carbocycles. The van der Waals surface area contributed by atoms with Crippen molar-refractivity contribution in [3.8, 4) is 0 Å². The average Bonchev–Trinajstić information content (AvgIpc) is 3.60. The number of allylic oxidation sites excluding steroid dienone is 2. The molecule has 2 bridgehead atoms. The van der Waals surface area contributed by atoms with Gasteiger partial charge in [-0.1, -0.05) is 54.1 Å². The molecule has 174 valence electrons. The van der Waals surface area contributed by atoms with Crippen LogP contribution in [0.3, 0.4) is 0 Å². The third-order valence-corrected chi connectivity index (χ3v) is 9.31. The second kappa shape index (κ2) is 8.06. The van der Waals surface area contributed by atoms with Crippen LogP contribution in [0.15, 0.2) is 59.1 Å². The number of nitrogens with one attached hydrogen (secondary N) is 1. The third-order valence-electron chi connectivity index (χ3n) is 8.11. The summed E-state index contributed by atoms with van der Waals surface area (Å²) in [5.41, 5.74) is 2.29. The van der Waals surface area contributed by atoms with E-state index in [0.717, 1.165) is 22.0 Å². The maximum atomic E-state index is 13.7. The van der Waals surface area contributed by atoms with Crippen LogP contribution >= 0.6 is 27.5 Å². The molecule has 7 heteroatoms. The summed E-state index contributed by atoms with van der Waals surface area (Å²) < 4.78 is 0.737. The molecular formula is C27H24BrClN2O3. The summed E-state index contributed by atoms with van der Waals surface area (Å²) in [5.74, 6) is -0.158. The molecule has 5 aliphatic rings. The van der Waals surface area contributed by atoms with Crippen molar-refractivity contribution in [3.63, 3.8) is 0 Å². The van der Waals surface area contributed by atoms with Crippen molar-refractivity contribution >= 4 is 50.9 Å². The highest BCUT2D eigenvalue weighted by atomic mass is 79.9. The zero-order valence-electron chi connectivity index (χ0n) is 18.6. The number of anilines is 1. The smallest absolute Gasteiger partial charge is 0.248 e. The van der Waals surface area contributed by atoms with E-state index in [1.54, 1.807) is 6.07 Å². The number of nitrogens with zero attached hydrogens (tertiary/aromatic N) is 1. The number of amides is 3. The zero-order valence-corrected chi connectivity index (χ0v) is 20.9. The van der Waals surface area contributed by atoms with E-state index in [2.05, 4.69) is 33.4 Å². The number of aryl methyl sites for hydroxylation is 1. The summed E-state index contributed by atoms with van der Waals surface area (Å²) in [6, 6.07) is 12.1. The van der Waals surface area contributed by atoms with E-state index in [4.69, 9.17) is 11.6 Å². The number of hydrogen-bond donors (Lipinski definition) is 1. The Bertz CT molecular complexity index is 1210. The topological polar surface area (TPSA) is 66.5 Å². The van der Waals surface area contributed by atoms with Crippen LogP contribution in [-0.4, -0.2) is 28.7 Å². The van der Waals surface area contributed by atoms with Crippen molar-refractivity contribution < 1.29 is 14.4 Å². The van der Waals surface area contributed by atoms with E-state index < -0.39 is 6.04 Å². The second-order valence-corrected chi connectivity index (χ2v) is 11.2. The Morgan fingerprint density at radius 2 is 1.71 bits per heavy atom. The lowest BCUT2D eigenvalue weighted by molar-refractivity contribution is -0.146. The Balaban J connectivity index is 1.34. The average molecular weight is 540 g/mol. The summed E-state index contributed by atoms with van der Waals surface area (Å²) in [5, 5.41) is 3.42. The molecule has 0 radical (unpaired) electrons. The highest BCUT2D eigenvalue weighted by Crippen LogP contribution is 2.65. The molecule has 3 amide bonds. The zero-order chi connectivity index (χ0) is 23.7. The fraction of sp³-hybridized carbons (Fsp3) is 0.370. The molecule has 34 heavy (non-hydrogen) atoms. The van der Waals surface area contributed by atoms with Crippen LogP contribution in [0.5, 0.6) is 0 Å². The lowest BCUT2D eigenvalue weighted by Gasteiger charge is -2.37. The molecule has 0 spiro atoms. The third kappa shape index (κ3) is 3.37. The number of halogens is 2. The highest BCUT2D eigenvalue weighted by Gasteiger charge is 2.67. The van der Waals surface area contributed by atoms with Gasteiger partial charge in [0.25, 0.3) is 0 Å². The Hall–Kier alpha value is -2.44. The number of hydrogen-bond acceptors (Lipinski definition) is 3. The monoisotopic (exact) mass is 538 g/mol. The van der Waals surface area contributed by atoms with Crippen LogP contribution in [0.1, 0.15) is 17.5 Å². The Labute approximate surface area is 211 Å². The van der Waals surface area contributed by atoms with Crippen LogP contribution < -0.4 is 5.32 Å². The van der Waals surface area contributed by atoms with Gasteiger partial charge in [-0.3, -0.25) is 19.3 Å². The number of carbonyl (C=O) groups excluding carboxylic acids is 3. The van der Waals surface area contributed by atoms with Gasteiger partial charge in [0, 0.05) is 16.6 Å². The molecule has 5 nitrogen and oxygen atoms in total. The van der Waals surface area contributed by atoms with Crippen molar-refractivity contribution in [1.82, 2.24) is 4.90 Å². The van der Waals surface area contributed by atoms with E-state index in [1.165, 1.54) is 4.90 Å². The molecular weight excluding hydrogens is 516 g/mol. The van der Waals surface area contributed by atoms with Gasteiger partial charge in [0.15, 0.2) is 0 Å². The summed E-state index contributed by atoms with van der Waals surface area (Å²) in [6.45, 7) is 1.87. The van der Waals surface area contributed by atoms with Crippen molar-refractivity contribution in [2.45, 2.75) is 25.8 Å². The minimum atomic E-state index is -0.925. The van der Waals surface area contributed by atoms with E-state index in [9.17, 15) is 14.4 Å². The van der Waals surface area contributed by atoms with E-state index in [-0.39, 0.29) is 47.8 Å². The normalized spacial score (nSPS) is 31.3. The molecule has 0 aromatic heterocycles. The van der Waals surface area contributed by atoms with Crippen LogP contribution in [-0.2, 0) is 20.8 Å². The predicted molar refractivity (Wildman–Crippen MR) is 133 cm³/mol. The van der Waals surface area contributed by atoms with Crippen LogP contribution in [0.2, 0.25) is 5.02 Å². The molecule has 4 aliphatic carbocycles. The number of imide groups is 1. The van der Waals surface area contributed by atoms with Crippen molar-refractivity contribution in [2.24, 2.45) is 35.5 Å². The van der Waals surface area contributed by atoms with Gasteiger partial charge >= 0.3 is 0 Å². The summed E-state index contributed by atoms with van der Waals surface area (Å²) in [6.07, 6.45) is 5.66. The van der Waals surface area contributed by atoms with Crippen molar-refractivity contribution in [2.75, 3.05) is 5.32 Å². The lowest BCUT2D eigenvalue weighted by atomic mass is 9.63.